The van der Waals surface area contributed by atoms with Crippen molar-refractivity contribution in [3.05, 3.63) is 82.9 Å². The molecule has 2 aromatic carbocycles. The molecule has 4 rings (SSSR count). The molecular formula is C24H25F4N5. The van der Waals surface area contributed by atoms with Crippen LogP contribution in [0.2, 0.25) is 0 Å². The summed E-state index contributed by atoms with van der Waals surface area (Å²) in [6.07, 6.45) is -1.76. The fourth-order valence-corrected chi connectivity index (χ4v) is 4.10. The molecule has 2 heterocycles. The van der Waals surface area contributed by atoms with Gasteiger partial charge < -0.3 is 0 Å². The molecule has 3 aromatic rings. The third kappa shape index (κ3) is 4.98. The number of hydrogen-bond acceptors (Lipinski definition) is 4. The molecule has 0 aliphatic carbocycles. The summed E-state index contributed by atoms with van der Waals surface area (Å²) in [5.74, 6) is 0.191. The Hall–Kier alpha value is -3.07. The van der Waals surface area contributed by atoms with Crippen LogP contribution in [-0.4, -0.2) is 38.2 Å². The second-order valence-corrected chi connectivity index (χ2v) is 9.13. The molecule has 0 radical (unpaired) electrons. The van der Waals surface area contributed by atoms with Gasteiger partial charge in [-0.05, 0) is 78.6 Å². The van der Waals surface area contributed by atoms with Gasteiger partial charge in [-0.15, -0.1) is 5.10 Å². The predicted molar refractivity (Wildman–Crippen MR) is 117 cm³/mol. The standard InChI is InChI=1S/C24H25F4N5/c1-23(2,3)33-22(29-30-31-33)21(18-5-4-6-19(15-18)24(26,27)28)32-13-11-17(12-14-32)16-7-9-20(25)10-8-16/h4-11,15,21H,12-14H2,1-3H3/t21-/m1/s1. The maximum Gasteiger partial charge on any atom is 0.416 e. The minimum Gasteiger partial charge on any atom is -0.286 e. The predicted octanol–water partition coefficient (Wildman–Crippen LogP) is 5.46. The Morgan fingerprint density at radius 3 is 2.33 bits per heavy atom. The quantitative estimate of drug-likeness (QED) is 0.486. The summed E-state index contributed by atoms with van der Waals surface area (Å²) in [4.78, 5) is 2.07. The third-order valence-electron chi connectivity index (χ3n) is 5.72. The first-order chi connectivity index (χ1) is 15.5. The van der Waals surface area contributed by atoms with Crippen LogP contribution in [0.1, 0.15) is 55.7 Å². The van der Waals surface area contributed by atoms with E-state index < -0.39 is 23.3 Å². The third-order valence-corrected chi connectivity index (χ3v) is 5.72. The van der Waals surface area contributed by atoms with Crippen LogP contribution in [0.4, 0.5) is 17.6 Å². The van der Waals surface area contributed by atoms with Crippen molar-refractivity contribution >= 4 is 5.57 Å². The summed E-state index contributed by atoms with van der Waals surface area (Å²) in [6.45, 7) is 6.90. The van der Waals surface area contributed by atoms with Crippen LogP contribution in [0.25, 0.3) is 5.57 Å². The SMILES string of the molecule is CC(C)(C)n1nnnc1[C@@H](c1cccc(C(F)(F)F)c1)N1CC=C(c2ccc(F)cc2)CC1. The van der Waals surface area contributed by atoms with Crippen LogP contribution in [0.5, 0.6) is 0 Å². The number of hydrogen-bond donors (Lipinski definition) is 0. The first-order valence-electron chi connectivity index (χ1n) is 10.7. The van der Waals surface area contributed by atoms with Gasteiger partial charge in [0, 0.05) is 13.1 Å². The molecule has 1 aliphatic heterocycles. The van der Waals surface area contributed by atoms with Crippen LogP contribution in [-0.2, 0) is 11.7 Å². The molecule has 0 N–H and O–H groups in total. The lowest BCUT2D eigenvalue weighted by Crippen LogP contribution is -2.37. The summed E-state index contributed by atoms with van der Waals surface area (Å²) in [7, 11) is 0. The van der Waals surface area contributed by atoms with Crippen LogP contribution in [0.3, 0.4) is 0 Å². The molecule has 0 spiro atoms. The Labute approximate surface area is 189 Å². The minimum atomic E-state index is -4.45. The highest BCUT2D eigenvalue weighted by Crippen LogP contribution is 2.36. The average Bonchev–Trinajstić information content (AvgIpc) is 3.25. The largest absolute Gasteiger partial charge is 0.416 e. The molecule has 33 heavy (non-hydrogen) atoms. The maximum absolute atomic E-state index is 13.5. The van der Waals surface area contributed by atoms with Gasteiger partial charge in [0.1, 0.15) is 5.82 Å². The molecule has 0 saturated heterocycles. The summed E-state index contributed by atoms with van der Waals surface area (Å²) in [5, 5.41) is 12.2. The van der Waals surface area contributed by atoms with Crippen LogP contribution in [0, 0.1) is 5.82 Å². The van der Waals surface area contributed by atoms with Crippen molar-refractivity contribution in [3.63, 3.8) is 0 Å². The summed E-state index contributed by atoms with van der Waals surface area (Å²) < 4.78 is 55.3. The summed E-state index contributed by atoms with van der Waals surface area (Å²) >= 11 is 0. The molecule has 9 heteroatoms. The van der Waals surface area contributed by atoms with E-state index in [1.165, 1.54) is 24.3 Å². The zero-order valence-corrected chi connectivity index (χ0v) is 18.6. The highest BCUT2D eigenvalue weighted by atomic mass is 19.4. The molecule has 5 nitrogen and oxygen atoms in total. The van der Waals surface area contributed by atoms with Crippen molar-refractivity contribution in [1.29, 1.82) is 0 Å². The lowest BCUT2D eigenvalue weighted by atomic mass is 9.95. The lowest BCUT2D eigenvalue weighted by molar-refractivity contribution is -0.137. The van der Waals surface area contributed by atoms with Crippen molar-refractivity contribution < 1.29 is 17.6 Å². The molecule has 1 atom stereocenters. The average molecular weight is 459 g/mol. The van der Waals surface area contributed by atoms with Gasteiger partial charge >= 0.3 is 6.18 Å². The zero-order chi connectivity index (χ0) is 23.8. The van der Waals surface area contributed by atoms with Crippen molar-refractivity contribution in [2.75, 3.05) is 13.1 Å². The fraction of sp³-hybridized carbons (Fsp3) is 0.375. The van der Waals surface area contributed by atoms with Crippen molar-refractivity contribution in [3.8, 4) is 0 Å². The van der Waals surface area contributed by atoms with Gasteiger partial charge in [0.2, 0.25) is 0 Å². The highest BCUT2D eigenvalue weighted by Gasteiger charge is 2.35. The Bertz CT molecular complexity index is 1140. The fourth-order valence-electron chi connectivity index (χ4n) is 4.10. The van der Waals surface area contributed by atoms with E-state index in [4.69, 9.17) is 0 Å². The van der Waals surface area contributed by atoms with Crippen molar-refractivity contribution in [2.45, 2.75) is 44.9 Å². The van der Waals surface area contributed by atoms with Crippen LogP contribution >= 0.6 is 0 Å². The lowest BCUT2D eigenvalue weighted by Gasteiger charge is -2.35. The Morgan fingerprint density at radius 1 is 1.00 bits per heavy atom. The minimum absolute atomic E-state index is 0.296. The van der Waals surface area contributed by atoms with Gasteiger partial charge in [0.15, 0.2) is 5.82 Å². The van der Waals surface area contributed by atoms with E-state index in [2.05, 4.69) is 20.4 Å². The first-order valence-corrected chi connectivity index (χ1v) is 10.7. The van der Waals surface area contributed by atoms with Crippen molar-refractivity contribution in [2.24, 2.45) is 0 Å². The van der Waals surface area contributed by atoms with Gasteiger partial charge in [-0.25, -0.2) is 9.07 Å². The van der Waals surface area contributed by atoms with Crippen LogP contribution < -0.4 is 0 Å². The Kier molecular flexibility index (Phi) is 6.09. The number of tetrazole rings is 1. The zero-order valence-electron chi connectivity index (χ0n) is 18.6. The molecule has 0 saturated carbocycles. The van der Waals surface area contributed by atoms with Crippen LogP contribution in [0.15, 0.2) is 54.6 Å². The second kappa shape index (κ2) is 8.70. The number of alkyl halides is 3. The summed E-state index contributed by atoms with van der Waals surface area (Å²) in [6, 6.07) is 11.1. The van der Waals surface area contributed by atoms with E-state index in [9.17, 15) is 17.6 Å². The van der Waals surface area contributed by atoms with Gasteiger partial charge in [-0.3, -0.25) is 4.90 Å². The number of halogens is 4. The normalized spacial score (nSPS) is 16.5. The smallest absolute Gasteiger partial charge is 0.286 e. The van der Waals surface area contributed by atoms with E-state index in [0.717, 1.165) is 17.2 Å². The molecule has 0 fully saturated rings. The summed E-state index contributed by atoms with van der Waals surface area (Å²) in [5.41, 5.74) is 1.32. The van der Waals surface area contributed by atoms with E-state index in [-0.39, 0.29) is 5.82 Å². The van der Waals surface area contributed by atoms with E-state index in [1.807, 2.05) is 26.8 Å². The molecule has 0 bridgehead atoms. The van der Waals surface area contributed by atoms with E-state index in [0.29, 0.717) is 30.9 Å². The molecule has 174 valence electrons. The monoisotopic (exact) mass is 459 g/mol. The first kappa shape index (κ1) is 23.1. The van der Waals surface area contributed by atoms with Gasteiger partial charge in [-0.2, -0.15) is 13.2 Å². The van der Waals surface area contributed by atoms with Crippen molar-refractivity contribution in [1.82, 2.24) is 25.1 Å². The Balaban J connectivity index is 1.74. The topological polar surface area (TPSA) is 46.8 Å². The number of benzene rings is 2. The number of rotatable bonds is 4. The maximum atomic E-state index is 13.5. The van der Waals surface area contributed by atoms with Gasteiger partial charge in [-0.1, -0.05) is 30.3 Å². The molecular weight excluding hydrogens is 434 g/mol. The van der Waals surface area contributed by atoms with Gasteiger partial charge in [0.25, 0.3) is 0 Å². The Morgan fingerprint density at radius 2 is 1.73 bits per heavy atom. The molecule has 0 unspecified atom stereocenters. The van der Waals surface area contributed by atoms with E-state index >= 15 is 0 Å². The van der Waals surface area contributed by atoms with E-state index in [1.54, 1.807) is 22.9 Å². The molecule has 1 aliphatic rings. The highest BCUT2D eigenvalue weighted by molar-refractivity contribution is 5.66. The van der Waals surface area contributed by atoms with Gasteiger partial charge in [0.05, 0.1) is 17.1 Å². The number of nitrogens with zero attached hydrogens (tertiary/aromatic N) is 5. The molecule has 0 amide bonds. The number of aromatic nitrogens is 4. The second-order valence-electron chi connectivity index (χ2n) is 9.13. The molecule has 1 aromatic heterocycles.